The molecule has 3 saturated heterocycles. The predicted molar refractivity (Wildman–Crippen MR) is 75.2 cm³/mol. The summed E-state index contributed by atoms with van der Waals surface area (Å²) in [7, 11) is 0. The summed E-state index contributed by atoms with van der Waals surface area (Å²) in [6.07, 6.45) is 4.36. The minimum atomic E-state index is 0. The Balaban J connectivity index is 0.00000120. The second kappa shape index (κ2) is 5.44. The van der Waals surface area contributed by atoms with Crippen molar-refractivity contribution in [2.45, 2.75) is 12.8 Å². The van der Waals surface area contributed by atoms with Gasteiger partial charge in [0.1, 0.15) is 5.71 Å². The van der Waals surface area contributed by atoms with Gasteiger partial charge in [0.15, 0.2) is 0 Å². The third kappa shape index (κ3) is 2.23. The zero-order valence-electron chi connectivity index (χ0n) is 10.1. The lowest BCUT2D eigenvalue weighted by Gasteiger charge is -2.42. The number of hydrogen-bond donors (Lipinski definition) is 1. The van der Waals surface area contributed by atoms with Crippen molar-refractivity contribution in [3.63, 3.8) is 0 Å². The van der Waals surface area contributed by atoms with E-state index in [2.05, 4.69) is 28.3 Å². The summed E-state index contributed by atoms with van der Waals surface area (Å²) in [5.74, 6) is 0.444. The van der Waals surface area contributed by atoms with Gasteiger partial charge >= 0.3 is 0 Å². The van der Waals surface area contributed by atoms with Crippen LogP contribution in [0.4, 0.5) is 0 Å². The largest absolute Gasteiger partial charge is 0.411 e. The van der Waals surface area contributed by atoms with Crippen molar-refractivity contribution < 1.29 is 5.21 Å². The Bertz CT molecular complexity index is 462. The molecule has 1 aromatic carbocycles. The minimum Gasteiger partial charge on any atom is -0.411 e. The second-order valence-electron chi connectivity index (χ2n) is 4.69. The monoisotopic (exact) mass is 264 g/mol. The van der Waals surface area contributed by atoms with Crippen LogP contribution in [0.2, 0.25) is 0 Å². The van der Waals surface area contributed by atoms with Crippen LogP contribution < -0.4 is 0 Å². The quantitative estimate of drug-likeness (QED) is 0.625. The maximum atomic E-state index is 9.18. The van der Waals surface area contributed by atoms with E-state index in [0.29, 0.717) is 5.92 Å². The summed E-state index contributed by atoms with van der Waals surface area (Å²) in [4.78, 5) is 2.32. The lowest BCUT2D eigenvalue weighted by atomic mass is 9.83. The molecule has 0 aromatic heterocycles. The first-order chi connectivity index (χ1) is 8.38. The fourth-order valence-corrected chi connectivity index (χ4v) is 2.77. The Labute approximate surface area is 113 Å². The average Bonchev–Trinajstić information content (AvgIpc) is 2.41. The highest BCUT2D eigenvalue weighted by molar-refractivity contribution is 6.05. The summed E-state index contributed by atoms with van der Waals surface area (Å²) >= 11 is 0. The average molecular weight is 265 g/mol. The molecule has 0 amide bonds. The molecule has 4 rings (SSSR count). The second-order valence-corrected chi connectivity index (χ2v) is 4.69. The van der Waals surface area contributed by atoms with Gasteiger partial charge in [-0.1, -0.05) is 35.5 Å². The van der Waals surface area contributed by atoms with Crippen molar-refractivity contribution in [1.82, 2.24) is 4.90 Å². The van der Waals surface area contributed by atoms with Crippen molar-refractivity contribution in [3.8, 4) is 0 Å². The molecular weight excluding hydrogens is 248 g/mol. The number of rotatable bonds is 1. The highest BCUT2D eigenvalue weighted by Gasteiger charge is 2.35. The van der Waals surface area contributed by atoms with E-state index in [0.717, 1.165) is 42.9 Å². The number of allylic oxidation sites excluding steroid dienone is 1. The Morgan fingerprint density at radius 3 is 2.44 bits per heavy atom. The Hall–Kier alpha value is -1.48. The highest BCUT2D eigenvalue weighted by atomic mass is 35.5. The van der Waals surface area contributed by atoms with Crippen molar-refractivity contribution in [1.29, 1.82) is 0 Å². The maximum absolute atomic E-state index is 9.18. The molecule has 0 atom stereocenters. The highest BCUT2D eigenvalue weighted by Crippen LogP contribution is 2.33. The van der Waals surface area contributed by atoms with E-state index in [1.165, 1.54) is 0 Å². The fourth-order valence-electron chi connectivity index (χ4n) is 2.77. The summed E-state index contributed by atoms with van der Waals surface area (Å²) in [6, 6.07) is 10.2. The molecule has 3 aliphatic heterocycles. The normalized spacial score (nSPS) is 23.4. The van der Waals surface area contributed by atoms with E-state index in [4.69, 9.17) is 0 Å². The Kier molecular flexibility index (Phi) is 3.92. The number of fused-ring (bicyclic) bond motifs is 3. The van der Waals surface area contributed by atoms with Crippen molar-refractivity contribution in [2.75, 3.05) is 13.1 Å². The topological polar surface area (TPSA) is 35.8 Å². The Morgan fingerprint density at radius 2 is 1.83 bits per heavy atom. The number of piperidine rings is 3. The molecule has 1 N–H and O–H groups in total. The van der Waals surface area contributed by atoms with Crippen molar-refractivity contribution in [3.05, 3.63) is 41.6 Å². The molecule has 0 radical (unpaired) electrons. The van der Waals surface area contributed by atoms with Gasteiger partial charge in [0.25, 0.3) is 0 Å². The molecule has 3 heterocycles. The molecule has 18 heavy (non-hydrogen) atoms. The maximum Gasteiger partial charge on any atom is 0.106 e. The first-order valence-corrected chi connectivity index (χ1v) is 6.12. The van der Waals surface area contributed by atoms with Crippen LogP contribution in [-0.2, 0) is 0 Å². The lowest BCUT2D eigenvalue weighted by molar-refractivity contribution is 0.229. The Morgan fingerprint density at radius 1 is 1.17 bits per heavy atom. The van der Waals surface area contributed by atoms with E-state index in [1.807, 2.05) is 18.2 Å². The summed E-state index contributed by atoms with van der Waals surface area (Å²) in [6.45, 7) is 2.17. The number of benzene rings is 1. The zero-order chi connectivity index (χ0) is 11.7. The van der Waals surface area contributed by atoms with Crippen molar-refractivity contribution >= 4 is 24.2 Å². The molecule has 1 aromatic rings. The van der Waals surface area contributed by atoms with Crippen LogP contribution in [0.1, 0.15) is 18.4 Å². The first-order valence-electron chi connectivity index (χ1n) is 6.12. The molecule has 2 bridgehead atoms. The van der Waals surface area contributed by atoms with Gasteiger partial charge in [0.05, 0.1) is 5.70 Å². The van der Waals surface area contributed by atoms with E-state index in [1.54, 1.807) is 0 Å². The van der Waals surface area contributed by atoms with Crippen LogP contribution in [0.25, 0.3) is 6.08 Å². The van der Waals surface area contributed by atoms with Crippen LogP contribution in [0.3, 0.4) is 0 Å². The minimum absolute atomic E-state index is 0. The first kappa shape index (κ1) is 13.0. The van der Waals surface area contributed by atoms with Gasteiger partial charge in [0, 0.05) is 19.0 Å². The smallest absolute Gasteiger partial charge is 0.106 e. The number of hydrogen-bond acceptors (Lipinski definition) is 3. The van der Waals surface area contributed by atoms with Crippen LogP contribution in [0, 0.1) is 5.92 Å². The van der Waals surface area contributed by atoms with Gasteiger partial charge < -0.3 is 10.1 Å². The molecule has 0 aliphatic carbocycles. The summed E-state index contributed by atoms with van der Waals surface area (Å²) in [5, 5.41) is 12.7. The SMILES string of the molecule is Cl.ON=C1C(=Cc2ccccc2)N2CCC1CC2. The van der Waals surface area contributed by atoms with E-state index >= 15 is 0 Å². The van der Waals surface area contributed by atoms with E-state index in [-0.39, 0.29) is 12.4 Å². The third-order valence-corrected chi connectivity index (χ3v) is 3.70. The fraction of sp³-hybridized carbons (Fsp3) is 0.357. The summed E-state index contributed by atoms with van der Waals surface area (Å²) in [5.41, 5.74) is 3.13. The molecular formula is C14H17ClN2O. The molecule has 3 fully saturated rings. The van der Waals surface area contributed by atoms with Crippen LogP contribution in [0.5, 0.6) is 0 Å². The van der Waals surface area contributed by atoms with Gasteiger partial charge in [0.2, 0.25) is 0 Å². The van der Waals surface area contributed by atoms with Crippen LogP contribution in [-0.4, -0.2) is 28.9 Å². The number of halogens is 1. The molecule has 0 spiro atoms. The van der Waals surface area contributed by atoms with Gasteiger partial charge in [-0.25, -0.2) is 0 Å². The van der Waals surface area contributed by atoms with Gasteiger partial charge in [-0.05, 0) is 24.5 Å². The van der Waals surface area contributed by atoms with Crippen molar-refractivity contribution in [2.24, 2.45) is 11.1 Å². The zero-order valence-corrected chi connectivity index (χ0v) is 10.9. The van der Waals surface area contributed by atoms with Gasteiger partial charge in [-0.2, -0.15) is 0 Å². The third-order valence-electron chi connectivity index (χ3n) is 3.70. The molecule has 3 nitrogen and oxygen atoms in total. The lowest BCUT2D eigenvalue weighted by Crippen LogP contribution is -2.46. The molecule has 3 aliphatic rings. The number of nitrogens with zero attached hydrogens (tertiary/aromatic N) is 2. The van der Waals surface area contributed by atoms with Gasteiger partial charge in [-0.15, -0.1) is 12.4 Å². The van der Waals surface area contributed by atoms with Crippen LogP contribution in [0.15, 0.2) is 41.2 Å². The van der Waals surface area contributed by atoms with Gasteiger partial charge in [-0.3, -0.25) is 0 Å². The molecule has 0 unspecified atom stereocenters. The van der Waals surface area contributed by atoms with Crippen LogP contribution >= 0.6 is 12.4 Å². The van der Waals surface area contributed by atoms with E-state index < -0.39 is 0 Å². The molecule has 96 valence electrons. The molecule has 0 saturated carbocycles. The predicted octanol–water partition coefficient (Wildman–Crippen LogP) is 3.01. The summed E-state index contributed by atoms with van der Waals surface area (Å²) < 4.78 is 0. The standard InChI is InChI=1S/C14H16N2O.ClH/c17-15-14-12-6-8-16(9-7-12)13(14)10-11-4-2-1-3-5-11;/h1-5,10,12,17H,6-9H2;1H. The molecule has 4 heteroatoms. The number of oxime groups is 1. The van der Waals surface area contributed by atoms with E-state index in [9.17, 15) is 5.21 Å².